The maximum absolute atomic E-state index is 4.22. The summed E-state index contributed by atoms with van der Waals surface area (Å²) in [5.74, 6) is 0.968. The summed E-state index contributed by atoms with van der Waals surface area (Å²) in [5, 5.41) is 0. The van der Waals surface area contributed by atoms with E-state index in [0.29, 0.717) is 0 Å². The first-order chi connectivity index (χ1) is 7.25. The third-order valence-corrected chi connectivity index (χ3v) is 2.36. The summed E-state index contributed by atoms with van der Waals surface area (Å²) < 4.78 is 1.99. The van der Waals surface area contributed by atoms with E-state index >= 15 is 0 Å². The lowest BCUT2D eigenvalue weighted by molar-refractivity contribution is 0.898. The zero-order valence-electron chi connectivity index (χ0n) is 9.01. The Morgan fingerprint density at radius 2 is 1.87 bits per heavy atom. The van der Waals surface area contributed by atoms with Gasteiger partial charge in [0.25, 0.3) is 0 Å². The van der Waals surface area contributed by atoms with Crippen molar-refractivity contribution in [1.82, 2.24) is 9.55 Å². The lowest BCUT2D eigenvalue weighted by Crippen LogP contribution is -1.88. The van der Waals surface area contributed by atoms with Crippen LogP contribution in [0.4, 0.5) is 0 Å². The highest BCUT2D eigenvalue weighted by atomic mass is 15.0. The minimum Gasteiger partial charge on any atom is -0.335 e. The number of nitrogens with zero attached hydrogens (tertiary/aromatic N) is 2. The molecule has 0 saturated carbocycles. The maximum atomic E-state index is 4.22. The van der Waals surface area contributed by atoms with Crippen molar-refractivity contribution in [3.05, 3.63) is 53.6 Å². The molecule has 2 heteroatoms. The molecule has 1 heterocycles. The van der Waals surface area contributed by atoms with Crippen molar-refractivity contribution in [3.8, 4) is 0 Å². The molecule has 2 nitrogen and oxygen atoms in total. The number of hydrogen-bond acceptors (Lipinski definition) is 1. The summed E-state index contributed by atoms with van der Waals surface area (Å²) in [6, 6.07) is 8.43. The van der Waals surface area contributed by atoms with Gasteiger partial charge in [-0.1, -0.05) is 35.9 Å². The number of aryl methyl sites for hydroxylation is 2. The monoisotopic (exact) mass is 198 g/mol. The average molecular weight is 198 g/mol. The number of benzene rings is 1. The smallest absolute Gasteiger partial charge is 0.132 e. The summed E-state index contributed by atoms with van der Waals surface area (Å²) >= 11 is 0. The summed E-state index contributed by atoms with van der Waals surface area (Å²) in [6.45, 7) is 2.09. The number of aromatic nitrogens is 2. The molecule has 2 aromatic rings. The fourth-order valence-corrected chi connectivity index (χ4v) is 1.39. The Kier molecular flexibility index (Phi) is 2.68. The Bertz CT molecular complexity index is 464. The molecule has 0 fully saturated rings. The quantitative estimate of drug-likeness (QED) is 0.725. The van der Waals surface area contributed by atoms with Crippen molar-refractivity contribution >= 4 is 12.2 Å². The predicted octanol–water partition coefficient (Wildman–Crippen LogP) is 2.90. The molecule has 0 N–H and O–H groups in total. The first-order valence-corrected chi connectivity index (χ1v) is 4.98. The van der Waals surface area contributed by atoms with E-state index in [1.165, 1.54) is 11.1 Å². The van der Waals surface area contributed by atoms with E-state index in [4.69, 9.17) is 0 Å². The van der Waals surface area contributed by atoms with Gasteiger partial charge in [-0.3, -0.25) is 0 Å². The van der Waals surface area contributed by atoms with Crippen molar-refractivity contribution in [3.63, 3.8) is 0 Å². The Morgan fingerprint density at radius 3 is 2.47 bits per heavy atom. The molecule has 0 aliphatic carbocycles. The second kappa shape index (κ2) is 4.13. The molecule has 0 aliphatic heterocycles. The largest absolute Gasteiger partial charge is 0.335 e. The van der Waals surface area contributed by atoms with Gasteiger partial charge in [-0.15, -0.1) is 0 Å². The number of hydrogen-bond donors (Lipinski definition) is 0. The number of rotatable bonds is 2. The zero-order chi connectivity index (χ0) is 10.7. The second-order valence-corrected chi connectivity index (χ2v) is 3.64. The van der Waals surface area contributed by atoms with Crippen LogP contribution in [-0.4, -0.2) is 9.55 Å². The van der Waals surface area contributed by atoms with Gasteiger partial charge < -0.3 is 4.57 Å². The van der Waals surface area contributed by atoms with Gasteiger partial charge in [0.1, 0.15) is 5.82 Å². The van der Waals surface area contributed by atoms with E-state index in [1.807, 2.05) is 23.9 Å². The molecule has 1 aromatic heterocycles. The first kappa shape index (κ1) is 9.71. The molecule has 15 heavy (non-hydrogen) atoms. The zero-order valence-corrected chi connectivity index (χ0v) is 9.01. The Hall–Kier alpha value is -1.83. The highest BCUT2D eigenvalue weighted by Gasteiger charge is 1.92. The molecule has 0 aliphatic rings. The highest BCUT2D eigenvalue weighted by Crippen LogP contribution is 2.07. The van der Waals surface area contributed by atoms with Crippen LogP contribution in [0.2, 0.25) is 0 Å². The fourth-order valence-electron chi connectivity index (χ4n) is 1.39. The molecule has 1 aromatic carbocycles. The van der Waals surface area contributed by atoms with Crippen LogP contribution in [0.1, 0.15) is 17.0 Å². The molecule has 0 bridgehead atoms. The predicted molar refractivity (Wildman–Crippen MR) is 63.3 cm³/mol. The molecule has 0 saturated heterocycles. The molecule has 76 valence electrons. The van der Waals surface area contributed by atoms with Crippen LogP contribution in [0, 0.1) is 6.92 Å². The van der Waals surface area contributed by atoms with Crippen LogP contribution >= 0.6 is 0 Å². The van der Waals surface area contributed by atoms with Gasteiger partial charge in [0, 0.05) is 19.4 Å². The van der Waals surface area contributed by atoms with Crippen molar-refractivity contribution in [2.24, 2.45) is 7.05 Å². The highest BCUT2D eigenvalue weighted by molar-refractivity contribution is 5.66. The third-order valence-electron chi connectivity index (χ3n) is 2.36. The van der Waals surface area contributed by atoms with E-state index in [1.54, 1.807) is 6.20 Å². The van der Waals surface area contributed by atoms with Gasteiger partial charge in [0.15, 0.2) is 0 Å². The van der Waals surface area contributed by atoms with Gasteiger partial charge in [0.05, 0.1) is 0 Å². The fraction of sp³-hybridized carbons (Fsp3) is 0.154. The molecular formula is C13H14N2. The molecule has 0 spiro atoms. The lowest BCUT2D eigenvalue weighted by atomic mass is 10.1. The van der Waals surface area contributed by atoms with E-state index in [-0.39, 0.29) is 0 Å². The van der Waals surface area contributed by atoms with Crippen LogP contribution in [0.5, 0.6) is 0 Å². The van der Waals surface area contributed by atoms with Crippen molar-refractivity contribution in [1.29, 1.82) is 0 Å². The molecule has 2 rings (SSSR count). The van der Waals surface area contributed by atoms with E-state index < -0.39 is 0 Å². The normalized spacial score (nSPS) is 11.1. The number of imidazole rings is 1. The lowest BCUT2D eigenvalue weighted by Gasteiger charge is -1.96. The van der Waals surface area contributed by atoms with Gasteiger partial charge >= 0.3 is 0 Å². The van der Waals surface area contributed by atoms with Crippen LogP contribution in [0.15, 0.2) is 36.7 Å². The summed E-state index contributed by atoms with van der Waals surface area (Å²) in [5.41, 5.74) is 2.48. The van der Waals surface area contributed by atoms with Gasteiger partial charge in [-0.2, -0.15) is 0 Å². The Labute approximate surface area is 89.9 Å². The topological polar surface area (TPSA) is 17.8 Å². The SMILES string of the molecule is Cc1ccc(/C=C/c2nccn2C)cc1. The summed E-state index contributed by atoms with van der Waals surface area (Å²) in [7, 11) is 1.99. The Morgan fingerprint density at radius 1 is 1.13 bits per heavy atom. The second-order valence-electron chi connectivity index (χ2n) is 3.64. The van der Waals surface area contributed by atoms with Gasteiger partial charge in [0.2, 0.25) is 0 Å². The van der Waals surface area contributed by atoms with Crippen LogP contribution in [-0.2, 0) is 7.05 Å². The van der Waals surface area contributed by atoms with E-state index in [2.05, 4.69) is 42.2 Å². The van der Waals surface area contributed by atoms with Crippen molar-refractivity contribution < 1.29 is 0 Å². The van der Waals surface area contributed by atoms with Crippen molar-refractivity contribution in [2.75, 3.05) is 0 Å². The summed E-state index contributed by atoms with van der Waals surface area (Å²) in [6.07, 6.45) is 7.83. The maximum Gasteiger partial charge on any atom is 0.132 e. The van der Waals surface area contributed by atoms with Gasteiger partial charge in [-0.05, 0) is 18.6 Å². The first-order valence-electron chi connectivity index (χ1n) is 4.98. The molecule has 0 amide bonds. The minimum absolute atomic E-state index is 0.968. The average Bonchev–Trinajstić information content (AvgIpc) is 2.63. The molecule has 0 unspecified atom stereocenters. The van der Waals surface area contributed by atoms with Crippen molar-refractivity contribution in [2.45, 2.75) is 6.92 Å². The summed E-state index contributed by atoms with van der Waals surface area (Å²) in [4.78, 5) is 4.22. The molecule has 0 radical (unpaired) electrons. The van der Waals surface area contributed by atoms with E-state index in [0.717, 1.165) is 5.82 Å². The standard InChI is InChI=1S/C13H14N2/c1-11-3-5-12(6-4-11)7-8-13-14-9-10-15(13)2/h3-10H,1-2H3/b8-7+. The third kappa shape index (κ3) is 2.34. The van der Waals surface area contributed by atoms with E-state index in [9.17, 15) is 0 Å². The molecule has 0 atom stereocenters. The van der Waals surface area contributed by atoms with Crippen LogP contribution < -0.4 is 0 Å². The molecular weight excluding hydrogens is 184 g/mol. The van der Waals surface area contributed by atoms with Crippen LogP contribution in [0.25, 0.3) is 12.2 Å². The Balaban J connectivity index is 2.19. The van der Waals surface area contributed by atoms with Crippen LogP contribution in [0.3, 0.4) is 0 Å². The minimum atomic E-state index is 0.968. The van der Waals surface area contributed by atoms with Gasteiger partial charge in [-0.25, -0.2) is 4.98 Å².